The maximum atomic E-state index is 13.9. The zero-order valence-corrected chi connectivity index (χ0v) is 16.2. The summed E-state index contributed by atoms with van der Waals surface area (Å²) in [5, 5.41) is 0.180. The second-order valence-corrected chi connectivity index (χ2v) is 5.51. The van der Waals surface area contributed by atoms with Crippen molar-refractivity contribution in [2.45, 2.75) is 13.0 Å². The molecular formula is C13H7ClF3INOY-. The Morgan fingerprint density at radius 1 is 1.38 bits per heavy atom. The minimum absolute atomic E-state index is 0. The van der Waals surface area contributed by atoms with E-state index in [-0.39, 0.29) is 52.6 Å². The molecule has 2 nitrogen and oxygen atoms in total. The maximum absolute atomic E-state index is 13.9. The number of aromatic nitrogens is 1. The molecule has 0 aliphatic heterocycles. The molecule has 0 saturated carbocycles. The van der Waals surface area contributed by atoms with Gasteiger partial charge in [0.1, 0.15) is 0 Å². The molecule has 0 aliphatic rings. The third kappa shape index (κ3) is 4.53. The Labute approximate surface area is 162 Å². The smallest absolute Gasteiger partial charge is 0.256 e. The van der Waals surface area contributed by atoms with E-state index in [1.807, 2.05) is 0 Å². The van der Waals surface area contributed by atoms with E-state index in [2.05, 4.69) is 6.07 Å². The number of halogens is 5. The van der Waals surface area contributed by atoms with Crippen LogP contribution in [0.2, 0.25) is 5.02 Å². The summed E-state index contributed by atoms with van der Waals surface area (Å²) in [5.74, 6) is -0.697. The largest absolute Gasteiger partial charge is 0.336 e. The minimum Gasteiger partial charge on any atom is -0.336 e. The van der Waals surface area contributed by atoms with Gasteiger partial charge in [0.2, 0.25) is 5.56 Å². The van der Waals surface area contributed by atoms with Gasteiger partial charge in [-0.1, -0.05) is 28.9 Å². The van der Waals surface area contributed by atoms with Crippen molar-refractivity contribution in [2.75, 3.05) is 0 Å². The van der Waals surface area contributed by atoms with Crippen molar-refractivity contribution in [3.63, 3.8) is 0 Å². The van der Waals surface area contributed by atoms with Gasteiger partial charge in [-0.2, -0.15) is 12.1 Å². The Morgan fingerprint density at radius 2 is 2.05 bits per heavy atom. The van der Waals surface area contributed by atoms with E-state index < -0.39 is 24.3 Å². The zero-order chi connectivity index (χ0) is 14.9. The van der Waals surface area contributed by atoms with Gasteiger partial charge >= 0.3 is 0 Å². The molecule has 8 heteroatoms. The van der Waals surface area contributed by atoms with Gasteiger partial charge < -0.3 is 4.57 Å². The molecule has 1 radical (unpaired) electrons. The third-order valence-electron chi connectivity index (χ3n) is 2.56. The van der Waals surface area contributed by atoms with Gasteiger partial charge in [-0.25, -0.2) is 13.2 Å². The van der Waals surface area contributed by atoms with Crippen LogP contribution in [0.4, 0.5) is 13.2 Å². The molecule has 0 amide bonds. The van der Waals surface area contributed by atoms with Crippen LogP contribution in [0.5, 0.6) is 0 Å². The fraction of sp³-hybridized carbons (Fsp3) is 0.154. The van der Waals surface area contributed by atoms with E-state index in [9.17, 15) is 18.0 Å². The van der Waals surface area contributed by atoms with Crippen LogP contribution in [-0.2, 0) is 39.3 Å². The average Bonchev–Trinajstić information content (AvgIpc) is 2.36. The van der Waals surface area contributed by atoms with Crippen LogP contribution in [0.25, 0.3) is 11.3 Å². The SMILES string of the molecule is O=c1c(I)c[c-]c(-c2ccc(Cl)cc2F)n1CC(F)F.[Y]. The summed E-state index contributed by atoms with van der Waals surface area (Å²) in [5.41, 5.74) is -0.623. The van der Waals surface area contributed by atoms with Crippen LogP contribution in [0.1, 0.15) is 0 Å². The van der Waals surface area contributed by atoms with E-state index in [4.69, 9.17) is 11.6 Å². The molecular weight excluding hydrogens is 494 g/mol. The van der Waals surface area contributed by atoms with Gasteiger partial charge in [-0.3, -0.25) is 4.79 Å². The van der Waals surface area contributed by atoms with Crippen LogP contribution in [0, 0.1) is 15.5 Å². The number of rotatable bonds is 3. The van der Waals surface area contributed by atoms with Gasteiger partial charge in [-0.15, -0.1) is 28.7 Å². The summed E-state index contributed by atoms with van der Waals surface area (Å²) in [7, 11) is 0. The number of hydrogen-bond donors (Lipinski definition) is 0. The Bertz CT molecular complexity index is 708. The number of nitrogens with zero attached hydrogens (tertiary/aromatic N) is 1. The molecule has 0 N–H and O–H groups in total. The summed E-state index contributed by atoms with van der Waals surface area (Å²) in [6, 6.07) is 7.81. The summed E-state index contributed by atoms with van der Waals surface area (Å²) in [6.07, 6.45) is -2.73. The molecule has 109 valence electrons. The monoisotopic (exact) mass is 501 g/mol. The van der Waals surface area contributed by atoms with Crippen molar-refractivity contribution in [1.82, 2.24) is 4.57 Å². The minimum atomic E-state index is -2.73. The molecule has 0 fully saturated rings. The molecule has 0 bridgehead atoms. The number of pyridine rings is 1. The van der Waals surface area contributed by atoms with Crippen molar-refractivity contribution in [1.29, 1.82) is 0 Å². The van der Waals surface area contributed by atoms with Gasteiger partial charge in [-0.05, 0) is 9.64 Å². The quantitative estimate of drug-likeness (QED) is 0.461. The van der Waals surface area contributed by atoms with Crippen molar-refractivity contribution >= 4 is 34.2 Å². The standard InChI is InChI=1S/C13H7ClF3INO.Y/c14-7-1-2-8(9(15)5-7)11-4-3-10(18)13(20)19(11)6-12(16)17;/h1-3,5,12H,6H2;/q-1;. The summed E-state index contributed by atoms with van der Waals surface area (Å²) >= 11 is 7.37. The molecule has 0 saturated heterocycles. The fourth-order valence-corrected chi connectivity index (χ4v) is 2.32. The molecule has 0 atom stereocenters. The summed E-state index contributed by atoms with van der Waals surface area (Å²) < 4.78 is 40.1. The van der Waals surface area contributed by atoms with Crippen molar-refractivity contribution < 1.29 is 45.9 Å². The molecule has 0 spiro atoms. The van der Waals surface area contributed by atoms with Gasteiger partial charge in [0.05, 0.1) is 12.4 Å². The molecule has 1 aromatic carbocycles. The van der Waals surface area contributed by atoms with Crippen molar-refractivity contribution in [3.05, 3.63) is 55.1 Å². The van der Waals surface area contributed by atoms with E-state index in [0.717, 1.165) is 10.6 Å². The van der Waals surface area contributed by atoms with Crippen LogP contribution >= 0.6 is 34.2 Å². The molecule has 0 unspecified atom stereocenters. The van der Waals surface area contributed by atoms with Crippen molar-refractivity contribution in [2.24, 2.45) is 0 Å². The first-order chi connectivity index (χ1) is 9.40. The van der Waals surface area contributed by atoms with Crippen LogP contribution in [0.3, 0.4) is 0 Å². The molecule has 21 heavy (non-hydrogen) atoms. The zero-order valence-electron chi connectivity index (χ0n) is 10.4. The third-order valence-corrected chi connectivity index (χ3v) is 3.57. The Kier molecular flexibility index (Phi) is 7.36. The maximum Gasteiger partial charge on any atom is 0.256 e. The molecule has 0 aliphatic carbocycles. The van der Waals surface area contributed by atoms with Gasteiger partial charge in [0.25, 0.3) is 6.43 Å². The Hall–Kier alpha value is 0.0839. The molecule has 2 rings (SSSR count). The molecule has 1 heterocycles. The average molecular weight is 501 g/mol. The Morgan fingerprint density at radius 3 is 2.62 bits per heavy atom. The van der Waals surface area contributed by atoms with E-state index >= 15 is 0 Å². The topological polar surface area (TPSA) is 22.0 Å². The second kappa shape index (κ2) is 8.08. The normalized spacial score (nSPS) is 10.6. The summed E-state index contributed by atoms with van der Waals surface area (Å²) in [4.78, 5) is 11.9. The van der Waals surface area contributed by atoms with Crippen LogP contribution in [0.15, 0.2) is 29.1 Å². The Balaban J connectivity index is 0.00000220. The van der Waals surface area contributed by atoms with E-state index in [0.29, 0.717) is 0 Å². The van der Waals surface area contributed by atoms with Gasteiger partial charge in [0.15, 0.2) is 0 Å². The molecule has 2 aromatic rings. The van der Waals surface area contributed by atoms with E-state index in [1.165, 1.54) is 18.2 Å². The first-order valence-electron chi connectivity index (χ1n) is 5.44. The van der Waals surface area contributed by atoms with Crippen LogP contribution < -0.4 is 5.56 Å². The first kappa shape index (κ1) is 19.1. The predicted molar refractivity (Wildman–Crippen MR) is 78.7 cm³/mol. The van der Waals surface area contributed by atoms with Gasteiger partial charge in [0, 0.05) is 37.7 Å². The van der Waals surface area contributed by atoms with Crippen LogP contribution in [-0.4, -0.2) is 11.0 Å². The second-order valence-electron chi connectivity index (χ2n) is 3.92. The predicted octanol–water partition coefficient (Wildman–Crippen LogP) is 3.98. The van der Waals surface area contributed by atoms with Crippen molar-refractivity contribution in [3.8, 4) is 11.3 Å². The first-order valence-corrected chi connectivity index (χ1v) is 6.90. The number of benzene rings is 1. The molecule has 1 aromatic heterocycles. The fourth-order valence-electron chi connectivity index (χ4n) is 1.72. The number of hydrogen-bond acceptors (Lipinski definition) is 1. The summed E-state index contributed by atoms with van der Waals surface area (Å²) in [6.45, 7) is -0.816. The number of alkyl halides is 2. The van der Waals surface area contributed by atoms with E-state index in [1.54, 1.807) is 22.6 Å².